The minimum absolute atomic E-state index is 0.0298. The summed E-state index contributed by atoms with van der Waals surface area (Å²) in [6, 6.07) is 9.83. The molecule has 0 aliphatic carbocycles. The maximum Gasteiger partial charge on any atom is 0.243 e. The molecule has 0 aromatic heterocycles. The number of hydrogen-bond acceptors (Lipinski definition) is 4. The van der Waals surface area contributed by atoms with E-state index in [1.807, 2.05) is 6.92 Å². The predicted molar refractivity (Wildman–Crippen MR) is 97.9 cm³/mol. The van der Waals surface area contributed by atoms with E-state index in [1.54, 1.807) is 30.3 Å². The molecule has 2 aromatic carbocycles. The minimum atomic E-state index is -3.52. The van der Waals surface area contributed by atoms with Gasteiger partial charge in [-0.3, -0.25) is 4.79 Å². The molecule has 0 fully saturated rings. The van der Waals surface area contributed by atoms with Crippen LogP contribution < -0.4 is 10.6 Å². The molecular weight excluding hydrogens is 371 g/mol. The van der Waals surface area contributed by atoms with Crippen molar-refractivity contribution in [3.05, 3.63) is 52.0 Å². The zero-order valence-corrected chi connectivity index (χ0v) is 15.4. The molecule has 0 aliphatic rings. The highest BCUT2D eigenvalue weighted by molar-refractivity contribution is 7.91. The molecule has 24 heavy (non-hydrogen) atoms. The molecular formula is C16H16Cl2N2O3S. The van der Waals surface area contributed by atoms with Crippen LogP contribution in [0.25, 0.3) is 0 Å². The first-order chi connectivity index (χ1) is 11.2. The lowest BCUT2D eigenvalue weighted by Gasteiger charge is -2.12. The van der Waals surface area contributed by atoms with Crippen LogP contribution in [0.5, 0.6) is 0 Å². The van der Waals surface area contributed by atoms with E-state index in [4.69, 9.17) is 23.2 Å². The molecule has 8 heteroatoms. The Hall–Kier alpha value is -1.76. The Labute approximate surface area is 150 Å². The highest BCUT2D eigenvalue weighted by Crippen LogP contribution is 2.29. The van der Waals surface area contributed by atoms with Gasteiger partial charge >= 0.3 is 0 Å². The van der Waals surface area contributed by atoms with Crippen molar-refractivity contribution >= 4 is 50.3 Å². The van der Waals surface area contributed by atoms with E-state index in [1.165, 1.54) is 6.07 Å². The maximum absolute atomic E-state index is 12.0. The molecule has 0 spiro atoms. The Kier molecular flexibility index (Phi) is 5.74. The van der Waals surface area contributed by atoms with E-state index in [0.29, 0.717) is 10.7 Å². The molecule has 0 atom stereocenters. The molecule has 0 heterocycles. The summed E-state index contributed by atoms with van der Waals surface area (Å²) in [5.41, 5.74) is 1.75. The molecule has 0 unspecified atom stereocenters. The smallest absolute Gasteiger partial charge is 0.243 e. The summed E-state index contributed by atoms with van der Waals surface area (Å²) in [6.07, 6.45) is 1.06. The third-order valence-corrected chi connectivity index (χ3v) is 5.25. The lowest BCUT2D eigenvalue weighted by Crippen LogP contribution is -2.22. The second-order valence-electron chi connectivity index (χ2n) is 5.25. The van der Waals surface area contributed by atoms with Crippen LogP contribution in [0.2, 0.25) is 10.0 Å². The van der Waals surface area contributed by atoms with Crippen LogP contribution in [0, 0.1) is 6.92 Å². The van der Waals surface area contributed by atoms with Gasteiger partial charge in [-0.2, -0.15) is 0 Å². The highest BCUT2D eigenvalue weighted by Gasteiger charge is 2.17. The first-order valence-corrected chi connectivity index (χ1v) is 9.61. The topological polar surface area (TPSA) is 75.3 Å². The molecule has 0 saturated carbocycles. The fourth-order valence-corrected chi connectivity index (χ4v) is 3.81. The zero-order chi connectivity index (χ0) is 17.9. The second-order valence-corrected chi connectivity index (χ2v) is 8.02. The Bertz CT molecular complexity index is 883. The molecule has 0 radical (unpaired) electrons. The summed E-state index contributed by atoms with van der Waals surface area (Å²) >= 11 is 12.0. The normalized spacial score (nSPS) is 11.2. The van der Waals surface area contributed by atoms with Gasteiger partial charge in [-0.1, -0.05) is 35.3 Å². The number of aryl methyl sites for hydroxylation is 1. The highest BCUT2D eigenvalue weighted by atomic mass is 35.5. The van der Waals surface area contributed by atoms with Crippen LogP contribution in [0.1, 0.15) is 5.56 Å². The van der Waals surface area contributed by atoms with Gasteiger partial charge in [0.05, 0.1) is 17.3 Å². The number of benzene rings is 2. The summed E-state index contributed by atoms with van der Waals surface area (Å²) in [5.74, 6) is -0.339. The summed E-state index contributed by atoms with van der Waals surface area (Å²) in [5, 5.41) is 6.14. The van der Waals surface area contributed by atoms with E-state index in [0.717, 1.165) is 11.8 Å². The molecule has 0 saturated heterocycles. The average molecular weight is 387 g/mol. The van der Waals surface area contributed by atoms with Crippen molar-refractivity contribution in [1.29, 1.82) is 0 Å². The standard InChI is InChI=1S/C16H16Cl2N2O3S/c1-10-6-7-11(8-13(10)18)20-15(21)9-19-14-5-3-4-12(17)16(14)24(2,22)23/h3-8,19H,9H2,1-2H3,(H,20,21). The Morgan fingerprint density at radius 3 is 2.46 bits per heavy atom. The predicted octanol–water partition coefficient (Wildman–Crippen LogP) is 3.76. The number of hydrogen-bond donors (Lipinski definition) is 2. The van der Waals surface area contributed by atoms with Crippen LogP contribution in [-0.2, 0) is 14.6 Å². The molecule has 0 aliphatic heterocycles. The number of amides is 1. The monoisotopic (exact) mass is 386 g/mol. The fraction of sp³-hybridized carbons (Fsp3) is 0.188. The third kappa shape index (κ3) is 4.63. The van der Waals surface area contributed by atoms with Gasteiger partial charge in [0.1, 0.15) is 4.90 Å². The summed E-state index contributed by atoms with van der Waals surface area (Å²) in [4.78, 5) is 12.0. The van der Waals surface area contributed by atoms with Crippen LogP contribution in [0.4, 0.5) is 11.4 Å². The lowest BCUT2D eigenvalue weighted by molar-refractivity contribution is -0.114. The number of sulfone groups is 1. The number of nitrogens with one attached hydrogen (secondary N) is 2. The molecule has 2 N–H and O–H groups in total. The Morgan fingerprint density at radius 1 is 1.12 bits per heavy atom. The molecule has 2 rings (SSSR count). The van der Waals surface area contributed by atoms with Gasteiger partial charge in [-0.15, -0.1) is 0 Å². The molecule has 5 nitrogen and oxygen atoms in total. The van der Waals surface area contributed by atoms with E-state index >= 15 is 0 Å². The Balaban J connectivity index is 2.10. The summed E-state index contributed by atoms with van der Waals surface area (Å²) in [7, 11) is -3.52. The van der Waals surface area contributed by atoms with Gasteiger partial charge in [0, 0.05) is 17.0 Å². The number of carbonyl (C=O) groups is 1. The zero-order valence-electron chi connectivity index (χ0n) is 13.1. The molecule has 0 bridgehead atoms. The van der Waals surface area contributed by atoms with Crippen LogP contribution in [0.15, 0.2) is 41.3 Å². The van der Waals surface area contributed by atoms with Gasteiger partial charge in [0.2, 0.25) is 5.91 Å². The van der Waals surface area contributed by atoms with Crippen molar-refractivity contribution in [3.63, 3.8) is 0 Å². The minimum Gasteiger partial charge on any atom is -0.375 e. The number of carbonyl (C=O) groups excluding carboxylic acids is 1. The average Bonchev–Trinajstić information content (AvgIpc) is 2.47. The maximum atomic E-state index is 12.0. The van der Waals surface area contributed by atoms with E-state index < -0.39 is 9.84 Å². The van der Waals surface area contributed by atoms with Crippen molar-refractivity contribution in [3.8, 4) is 0 Å². The van der Waals surface area contributed by atoms with Crippen molar-refractivity contribution in [2.75, 3.05) is 23.4 Å². The van der Waals surface area contributed by atoms with E-state index in [9.17, 15) is 13.2 Å². The van der Waals surface area contributed by atoms with Crippen molar-refractivity contribution in [2.24, 2.45) is 0 Å². The largest absolute Gasteiger partial charge is 0.375 e. The Morgan fingerprint density at radius 2 is 1.83 bits per heavy atom. The second kappa shape index (κ2) is 7.42. The fourth-order valence-electron chi connectivity index (χ4n) is 2.08. The van der Waals surface area contributed by atoms with Gasteiger partial charge in [0.25, 0.3) is 0 Å². The van der Waals surface area contributed by atoms with Crippen LogP contribution in [-0.4, -0.2) is 27.1 Å². The molecule has 1 amide bonds. The lowest BCUT2D eigenvalue weighted by atomic mass is 10.2. The summed E-state index contributed by atoms with van der Waals surface area (Å²) in [6.45, 7) is 1.75. The van der Waals surface area contributed by atoms with Crippen LogP contribution in [0.3, 0.4) is 0 Å². The first kappa shape index (κ1) is 18.6. The van der Waals surface area contributed by atoms with Gasteiger partial charge < -0.3 is 10.6 Å². The quantitative estimate of drug-likeness (QED) is 0.819. The third-order valence-electron chi connectivity index (χ3n) is 3.23. The first-order valence-electron chi connectivity index (χ1n) is 6.97. The molecule has 2 aromatic rings. The van der Waals surface area contributed by atoms with E-state index in [-0.39, 0.29) is 28.1 Å². The van der Waals surface area contributed by atoms with Gasteiger partial charge in [0.15, 0.2) is 9.84 Å². The molecule has 128 valence electrons. The van der Waals surface area contributed by atoms with E-state index in [2.05, 4.69) is 10.6 Å². The summed E-state index contributed by atoms with van der Waals surface area (Å²) < 4.78 is 23.7. The van der Waals surface area contributed by atoms with Crippen molar-refractivity contribution in [1.82, 2.24) is 0 Å². The number of rotatable bonds is 5. The van der Waals surface area contributed by atoms with Gasteiger partial charge in [-0.05, 0) is 36.8 Å². The van der Waals surface area contributed by atoms with Crippen molar-refractivity contribution in [2.45, 2.75) is 11.8 Å². The SMILES string of the molecule is Cc1ccc(NC(=O)CNc2cccc(Cl)c2S(C)(=O)=O)cc1Cl. The number of anilines is 2. The van der Waals surface area contributed by atoms with Gasteiger partial charge in [-0.25, -0.2) is 8.42 Å². The number of halogens is 2. The van der Waals surface area contributed by atoms with Crippen LogP contribution >= 0.6 is 23.2 Å². The van der Waals surface area contributed by atoms with Crippen molar-refractivity contribution < 1.29 is 13.2 Å².